The van der Waals surface area contributed by atoms with Gasteiger partial charge in [0, 0.05) is 37.2 Å². The molecule has 3 aliphatic heterocycles. The molecule has 0 radical (unpaired) electrons. The zero-order valence-corrected chi connectivity index (χ0v) is 13.8. The van der Waals surface area contributed by atoms with E-state index in [9.17, 15) is 4.79 Å². The summed E-state index contributed by atoms with van der Waals surface area (Å²) in [4.78, 5) is 30.4. The molecule has 2 bridgehead atoms. The van der Waals surface area contributed by atoms with Gasteiger partial charge in [-0.1, -0.05) is 6.07 Å². The number of aryl methyl sites for hydroxylation is 1. The molecule has 2 aromatic heterocycles. The van der Waals surface area contributed by atoms with E-state index in [0.717, 1.165) is 36.7 Å². The fraction of sp³-hybridized carbons (Fsp3) is 0.444. The average molecular weight is 323 g/mol. The standard InChI is InChI=1S/C18H21N5O/c1-13-7-9-20-18(21-13)22-10-14-5-6-16(12-22)23(17(14)24)11-15-4-2-3-8-19-15/h2-4,7-9,14,16H,5-6,10-12H2,1H3/t14-,16+/m1/s1. The molecule has 2 atom stereocenters. The van der Waals surface area contributed by atoms with Crippen molar-refractivity contribution in [2.45, 2.75) is 32.4 Å². The maximum Gasteiger partial charge on any atom is 0.228 e. The van der Waals surface area contributed by atoms with Gasteiger partial charge in [0.1, 0.15) is 0 Å². The van der Waals surface area contributed by atoms with Crippen molar-refractivity contribution >= 4 is 11.9 Å². The third-order valence-electron chi connectivity index (χ3n) is 4.92. The van der Waals surface area contributed by atoms with Gasteiger partial charge < -0.3 is 9.80 Å². The minimum Gasteiger partial charge on any atom is -0.338 e. The maximum absolute atomic E-state index is 12.9. The maximum atomic E-state index is 12.9. The summed E-state index contributed by atoms with van der Waals surface area (Å²) in [5.41, 5.74) is 1.89. The van der Waals surface area contributed by atoms with E-state index in [1.54, 1.807) is 12.4 Å². The van der Waals surface area contributed by atoms with Gasteiger partial charge in [0.05, 0.1) is 18.2 Å². The lowest BCUT2D eigenvalue weighted by Crippen LogP contribution is -2.47. The molecule has 124 valence electrons. The summed E-state index contributed by atoms with van der Waals surface area (Å²) >= 11 is 0. The topological polar surface area (TPSA) is 62.2 Å². The molecular weight excluding hydrogens is 302 g/mol. The van der Waals surface area contributed by atoms with Crippen LogP contribution in [0.5, 0.6) is 0 Å². The molecule has 0 aliphatic carbocycles. The van der Waals surface area contributed by atoms with E-state index in [2.05, 4.69) is 19.9 Å². The molecule has 3 aliphatic rings. The van der Waals surface area contributed by atoms with Gasteiger partial charge in [0.15, 0.2) is 0 Å². The van der Waals surface area contributed by atoms with Crippen LogP contribution in [-0.2, 0) is 11.3 Å². The molecule has 0 unspecified atom stereocenters. The number of amides is 1. The lowest BCUT2D eigenvalue weighted by molar-refractivity contribution is -0.140. The van der Waals surface area contributed by atoms with Gasteiger partial charge >= 0.3 is 0 Å². The van der Waals surface area contributed by atoms with Crippen LogP contribution in [0.15, 0.2) is 36.7 Å². The van der Waals surface area contributed by atoms with Gasteiger partial charge in [0.2, 0.25) is 11.9 Å². The Kier molecular flexibility index (Phi) is 3.88. The first-order chi connectivity index (χ1) is 11.7. The van der Waals surface area contributed by atoms with E-state index in [1.807, 2.05) is 36.1 Å². The van der Waals surface area contributed by atoms with Crippen molar-refractivity contribution < 1.29 is 4.79 Å². The van der Waals surface area contributed by atoms with Crippen LogP contribution in [0.4, 0.5) is 5.95 Å². The fourth-order valence-electron chi connectivity index (χ4n) is 3.67. The van der Waals surface area contributed by atoms with Crippen molar-refractivity contribution in [1.82, 2.24) is 19.9 Å². The normalized spacial score (nSPS) is 23.5. The van der Waals surface area contributed by atoms with Crippen LogP contribution in [0.2, 0.25) is 0 Å². The number of fused-ring (bicyclic) bond motifs is 4. The first kappa shape index (κ1) is 15.1. The molecule has 0 N–H and O–H groups in total. The number of piperidine rings is 1. The lowest BCUT2D eigenvalue weighted by Gasteiger charge is -2.35. The molecule has 6 heteroatoms. The Morgan fingerprint density at radius 2 is 2.04 bits per heavy atom. The number of nitrogens with zero attached hydrogens (tertiary/aromatic N) is 5. The molecule has 24 heavy (non-hydrogen) atoms. The van der Waals surface area contributed by atoms with Gasteiger partial charge in [0.25, 0.3) is 0 Å². The summed E-state index contributed by atoms with van der Waals surface area (Å²) in [6.07, 6.45) is 5.55. The fourth-order valence-corrected chi connectivity index (χ4v) is 3.67. The van der Waals surface area contributed by atoms with E-state index in [0.29, 0.717) is 13.1 Å². The van der Waals surface area contributed by atoms with E-state index in [4.69, 9.17) is 0 Å². The third kappa shape index (κ3) is 2.84. The summed E-state index contributed by atoms with van der Waals surface area (Å²) in [6.45, 7) is 4.05. The minimum absolute atomic E-state index is 0.0246. The highest BCUT2D eigenvalue weighted by Gasteiger charge is 2.41. The average Bonchev–Trinajstić information content (AvgIpc) is 2.89. The SMILES string of the molecule is Cc1ccnc(N2C[C@H]3CC[C@@H](C2)N(Cc2ccccn2)C3=O)n1. The van der Waals surface area contributed by atoms with Crippen molar-refractivity contribution in [3.05, 3.63) is 48.0 Å². The predicted octanol–water partition coefficient (Wildman–Crippen LogP) is 1.81. The molecule has 3 saturated heterocycles. The van der Waals surface area contributed by atoms with Crippen LogP contribution >= 0.6 is 0 Å². The summed E-state index contributed by atoms with van der Waals surface area (Å²) in [7, 11) is 0. The number of pyridine rings is 1. The molecule has 0 aromatic carbocycles. The van der Waals surface area contributed by atoms with Gasteiger partial charge in [-0.15, -0.1) is 0 Å². The second-order valence-corrected chi connectivity index (χ2v) is 6.62. The first-order valence-corrected chi connectivity index (χ1v) is 8.45. The number of hydrogen-bond acceptors (Lipinski definition) is 5. The molecule has 2 aromatic rings. The Labute approximate surface area is 141 Å². The van der Waals surface area contributed by atoms with E-state index >= 15 is 0 Å². The summed E-state index contributed by atoms with van der Waals surface area (Å²) < 4.78 is 0. The molecule has 0 saturated carbocycles. The Morgan fingerprint density at radius 1 is 1.12 bits per heavy atom. The number of carbonyl (C=O) groups excluding carboxylic acids is 1. The third-order valence-corrected chi connectivity index (χ3v) is 4.92. The highest BCUT2D eigenvalue weighted by atomic mass is 16.2. The minimum atomic E-state index is 0.0246. The van der Waals surface area contributed by atoms with Crippen LogP contribution in [0.1, 0.15) is 24.2 Å². The van der Waals surface area contributed by atoms with Crippen molar-refractivity contribution in [3.8, 4) is 0 Å². The van der Waals surface area contributed by atoms with Crippen LogP contribution in [0, 0.1) is 12.8 Å². The summed E-state index contributed by atoms with van der Waals surface area (Å²) in [6, 6.07) is 7.94. The van der Waals surface area contributed by atoms with Crippen LogP contribution in [-0.4, -0.2) is 44.9 Å². The monoisotopic (exact) mass is 323 g/mol. The smallest absolute Gasteiger partial charge is 0.228 e. The van der Waals surface area contributed by atoms with Gasteiger partial charge in [-0.2, -0.15) is 0 Å². The van der Waals surface area contributed by atoms with Gasteiger partial charge in [-0.25, -0.2) is 9.97 Å². The Bertz CT molecular complexity index is 735. The van der Waals surface area contributed by atoms with E-state index < -0.39 is 0 Å². The molecule has 6 nitrogen and oxygen atoms in total. The van der Waals surface area contributed by atoms with Crippen molar-refractivity contribution in [2.75, 3.05) is 18.0 Å². The molecule has 5 heterocycles. The Balaban J connectivity index is 1.58. The molecule has 3 fully saturated rings. The number of rotatable bonds is 3. The second-order valence-electron chi connectivity index (χ2n) is 6.62. The Hall–Kier alpha value is -2.50. The van der Waals surface area contributed by atoms with Gasteiger partial charge in [-0.05, 0) is 38.0 Å². The quantitative estimate of drug-likeness (QED) is 0.862. The van der Waals surface area contributed by atoms with Crippen molar-refractivity contribution in [1.29, 1.82) is 0 Å². The number of hydrogen-bond donors (Lipinski definition) is 0. The van der Waals surface area contributed by atoms with E-state index in [1.165, 1.54) is 0 Å². The van der Waals surface area contributed by atoms with Crippen molar-refractivity contribution in [3.63, 3.8) is 0 Å². The van der Waals surface area contributed by atoms with Crippen LogP contribution in [0.25, 0.3) is 0 Å². The van der Waals surface area contributed by atoms with Crippen LogP contribution in [0.3, 0.4) is 0 Å². The predicted molar refractivity (Wildman–Crippen MR) is 90.3 cm³/mol. The molecule has 0 spiro atoms. The zero-order valence-electron chi connectivity index (χ0n) is 13.8. The Morgan fingerprint density at radius 3 is 2.83 bits per heavy atom. The summed E-state index contributed by atoms with van der Waals surface area (Å²) in [5.74, 6) is 1.00. The van der Waals surface area contributed by atoms with E-state index in [-0.39, 0.29) is 17.9 Å². The number of anilines is 1. The second kappa shape index (κ2) is 6.19. The molecule has 5 rings (SSSR count). The lowest BCUT2D eigenvalue weighted by atomic mass is 9.94. The first-order valence-electron chi connectivity index (χ1n) is 8.45. The highest BCUT2D eigenvalue weighted by Crippen LogP contribution is 2.31. The number of aromatic nitrogens is 3. The molecule has 1 amide bonds. The highest BCUT2D eigenvalue weighted by molar-refractivity contribution is 5.81. The van der Waals surface area contributed by atoms with Gasteiger partial charge in [-0.3, -0.25) is 9.78 Å². The van der Waals surface area contributed by atoms with Crippen LogP contribution < -0.4 is 4.90 Å². The summed E-state index contributed by atoms with van der Waals surface area (Å²) in [5, 5.41) is 0. The number of carbonyl (C=O) groups is 1. The zero-order chi connectivity index (χ0) is 16.5. The largest absolute Gasteiger partial charge is 0.338 e. The molecular formula is C18H21N5O. The van der Waals surface area contributed by atoms with Crippen molar-refractivity contribution in [2.24, 2.45) is 5.92 Å².